The number of amides is 1. The highest BCUT2D eigenvalue weighted by Gasteiger charge is 2.41. The molecule has 1 aromatic carbocycles. The van der Waals surface area contributed by atoms with E-state index in [4.69, 9.17) is 4.74 Å². The number of aromatic nitrogens is 2. The van der Waals surface area contributed by atoms with Gasteiger partial charge in [-0.15, -0.1) is 0 Å². The van der Waals surface area contributed by atoms with Crippen LogP contribution in [0.3, 0.4) is 0 Å². The van der Waals surface area contributed by atoms with Crippen molar-refractivity contribution in [1.82, 2.24) is 19.8 Å². The van der Waals surface area contributed by atoms with Gasteiger partial charge in [0.1, 0.15) is 11.4 Å². The van der Waals surface area contributed by atoms with Crippen LogP contribution in [0.5, 0.6) is 5.75 Å². The van der Waals surface area contributed by atoms with Gasteiger partial charge in [0.05, 0.1) is 13.3 Å². The van der Waals surface area contributed by atoms with Crippen LogP contribution in [0.1, 0.15) is 35.3 Å². The van der Waals surface area contributed by atoms with Crippen molar-refractivity contribution in [2.24, 2.45) is 5.41 Å². The smallest absolute Gasteiger partial charge is 0.274 e. The van der Waals surface area contributed by atoms with Gasteiger partial charge in [-0.1, -0.05) is 12.1 Å². The molecule has 1 aromatic heterocycles. The van der Waals surface area contributed by atoms with E-state index in [-0.39, 0.29) is 5.91 Å². The summed E-state index contributed by atoms with van der Waals surface area (Å²) >= 11 is 0. The largest absolute Gasteiger partial charge is 0.497 e. The molecule has 1 amide bonds. The van der Waals surface area contributed by atoms with Crippen molar-refractivity contribution in [2.75, 3.05) is 33.3 Å². The van der Waals surface area contributed by atoms with E-state index in [1.807, 2.05) is 17.0 Å². The van der Waals surface area contributed by atoms with Crippen molar-refractivity contribution in [3.8, 4) is 5.75 Å². The third-order valence-electron chi connectivity index (χ3n) is 5.98. The molecule has 142 valence electrons. The lowest BCUT2D eigenvalue weighted by Gasteiger charge is -2.39. The highest BCUT2D eigenvalue weighted by molar-refractivity contribution is 5.92. The van der Waals surface area contributed by atoms with Gasteiger partial charge in [0, 0.05) is 38.6 Å². The fourth-order valence-electron chi connectivity index (χ4n) is 4.32. The Morgan fingerprint density at radius 1 is 1.11 bits per heavy atom. The number of methoxy groups -OCH3 is 1. The average molecular weight is 366 g/mol. The van der Waals surface area contributed by atoms with E-state index < -0.39 is 0 Å². The van der Waals surface area contributed by atoms with Gasteiger partial charge in [-0.05, 0) is 48.9 Å². The number of hydrogen-bond acceptors (Lipinski definition) is 5. The van der Waals surface area contributed by atoms with E-state index in [0.29, 0.717) is 11.1 Å². The maximum Gasteiger partial charge on any atom is 0.274 e. The molecule has 0 atom stereocenters. The second kappa shape index (κ2) is 7.64. The molecule has 6 nitrogen and oxygen atoms in total. The number of hydrogen-bond donors (Lipinski definition) is 0. The first-order chi connectivity index (χ1) is 13.2. The summed E-state index contributed by atoms with van der Waals surface area (Å²) in [5.41, 5.74) is 2.12. The molecule has 2 fully saturated rings. The summed E-state index contributed by atoms with van der Waals surface area (Å²) in [5.74, 6) is 0.905. The molecular formula is C21H26N4O2. The molecule has 2 aliphatic rings. The summed E-state index contributed by atoms with van der Waals surface area (Å²) in [4.78, 5) is 25.2. The van der Waals surface area contributed by atoms with Crippen LogP contribution in [-0.4, -0.2) is 59.0 Å². The number of benzene rings is 1. The molecule has 0 unspecified atom stereocenters. The van der Waals surface area contributed by atoms with Crippen LogP contribution in [0.4, 0.5) is 0 Å². The molecule has 0 bridgehead atoms. The molecular weight excluding hydrogens is 340 g/mol. The first-order valence-electron chi connectivity index (χ1n) is 9.58. The van der Waals surface area contributed by atoms with Crippen LogP contribution in [0.15, 0.2) is 42.9 Å². The van der Waals surface area contributed by atoms with E-state index in [0.717, 1.165) is 51.3 Å². The van der Waals surface area contributed by atoms with E-state index in [2.05, 4.69) is 27.0 Å². The van der Waals surface area contributed by atoms with Gasteiger partial charge >= 0.3 is 0 Å². The predicted molar refractivity (Wildman–Crippen MR) is 102 cm³/mol. The number of nitrogens with zero attached hydrogens (tertiary/aromatic N) is 4. The Morgan fingerprint density at radius 2 is 1.85 bits per heavy atom. The topological polar surface area (TPSA) is 58.6 Å². The number of ether oxygens (including phenoxy) is 1. The fraction of sp³-hybridized carbons (Fsp3) is 0.476. The zero-order valence-electron chi connectivity index (χ0n) is 15.8. The lowest BCUT2D eigenvalue weighted by atomic mass is 9.77. The molecule has 0 saturated carbocycles. The van der Waals surface area contributed by atoms with E-state index in [1.165, 1.54) is 12.0 Å². The third-order valence-corrected chi connectivity index (χ3v) is 5.98. The first-order valence-corrected chi connectivity index (χ1v) is 9.58. The maximum absolute atomic E-state index is 12.6. The summed E-state index contributed by atoms with van der Waals surface area (Å²) in [5, 5.41) is 0. The summed E-state index contributed by atoms with van der Waals surface area (Å²) in [6.45, 7) is 4.85. The molecule has 0 aliphatic carbocycles. The van der Waals surface area contributed by atoms with Crippen molar-refractivity contribution in [2.45, 2.75) is 25.8 Å². The third kappa shape index (κ3) is 3.95. The minimum absolute atomic E-state index is 0.00559. The zero-order chi connectivity index (χ0) is 18.7. The molecule has 1 spiro atoms. The van der Waals surface area contributed by atoms with Crippen LogP contribution in [0, 0.1) is 5.41 Å². The monoisotopic (exact) mass is 366 g/mol. The van der Waals surface area contributed by atoms with Gasteiger partial charge in [-0.25, -0.2) is 4.98 Å². The Labute approximate surface area is 160 Å². The van der Waals surface area contributed by atoms with E-state index in [1.54, 1.807) is 25.7 Å². The maximum atomic E-state index is 12.6. The summed E-state index contributed by atoms with van der Waals surface area (Å²) in [6.07, 6.45) is 8.08. The molecule has 2 saturated heterocycles. The molecule has 2 aromatic rings. The van der Waals surface area contributed by atoms with Crippen LogP contribution in [0.25, 0.3) is 0 Å². The number of likely N-dealkylation sites (tertiary alicyclic amines) is 2. The minimum Gasteiger partial charge on any atom is -0.497 e. The van der Waals surface area contributed by atoms with Gasteiger partial charge in [-0.3, -0.25) is 14.7 Å². The average Bonchev–Trinajstić information content (AvgIpc) is 3.11. The van der Waals surface area contributed by atoms with Crippen LogP contribution >= 0.6 is 0 Å². The quantitative estimate of drug-likeness (QED) is 0.832. The van der Waals surface area contributed by atoms with Gasteiger partial charge in [0.25, 0.3) is 5.91 Å². The Morgan fingerprint density at radius 3 is 2.52 bits per heavy atom. The highest BCUT2D eigenvalue weighted by Crippen LogP contribution is 2.41. The first kappa shape index (κ1) is 17.9. The summed E-state index contributed by atoms with van der Waals surface area (Å²) < 4.78 is 5.24. The number of piperidine rings is 1. The van der Waals surface area contributed by atoms with Crippen molar-refractivity contribution >= 4 is 5.91 Å². The van der Waals surface area contributed by atoms with Gasteiger partial charge in [0.15, 0.2) is 0 Å². The fourth-order valence-corrected chi connectivity index (χ4v) is 4.32. The molecule has 3 heterocycles. The van der Waals surface area contributed by atoms with E-state index in [9.17, 15) is 4.79 Å². The van der Waals surface area contributed by atoms with Gasteiger partial charge in [0.2, 0.25) is 0 Å². The molecule has 6 heteroatoms. The normalized spacial score (nSPS) is 19.4. The van der Waals surface area contributed by atoms with Crippen molar-refractivity contribution in [1.29, 1.82) is 0 Å². The van der Waals surface area contributed by atoms with Gasteiger partial charge in [-0.2, -0.15) is 0 Å². The van der Waals surface area contributed by atoms with Crippen LogP contribution in [0.2, 0.25) is 0 Å². The number of carbonyl (C=O) groups excluding carboxylic acids is 1. The van der Waals surface area contributed by atoms with Crippen molar-refractivity contribution < 1.29 is 9.53 Å². The lowest BCUT2D eigenvalue weighted by molar-refractivity contribution is 0.0582. The second-order valence-corrected chi connectivity index (χ2v) is 7.69. The molecule has 2 aliphatic heterocycles. The summed E-state index contributed by atoms with van der Waals surface area (Å²) in [7, 11) is 1.70. The Kier molecular flexibility index (Phi) is 5.07. The Hall–Kier alpha value is -2.47. The van der Waals surface area contributed by atoms with Crippen LogP contribution in [-0.2, 0) is 6.54 Å². The highest BCUT2D eigenvalue weighted by atomic mass is 16.5. The molecule has 0 N–H and O–H groups in total. The number of carbonyl (C=O) groups is 1. The SMILES string of the molecule is COc1ccc(CN2CCC3(CCN(C(=O)c4cnccn4)CC3)C2)cc1. The van der Waals surface area contributed by atoms with Crippen LogP contribution < -0.4 is 4.74 Å². The van der Waals surface area contributed by atoms with E-state index >= 15 is 0 Å². The predicted octanol–water partition coefficient (Wildman–Crippen LogP) is 2.61. The van der Waals surface area contributed by atoms with Crippen molar-refractivity contribution in [3.63, 3.8) is 0 Å². The molecule has 4 rings (SSSR count). The van der Waals surface area contributed by atoms with Crippen molar-refractivity contribution in [3.05, 3.63) is 54.1 Å². The van der Waals surface area contributed by atoms with Gasteiger partial charge < -0.3 is 9.64 Å². The molecule has 0 radical (unpaired) electrons. The zero-order valence-corrected chi connectivity index (χ0v) is 15.8. The minimum atomic E-state index is 0.00559. The second-order valence-electron chi connectivity index (χ2n) is 7.69. The number of rotatable bonds is 4. The lowest BCUT2D eigenvalue weighted by Crippen LogP contribution is -2.44. The molecule has 27 heavy (non-hydrogen) atoms. The summed E-state index contributed by atoms with van der Waals surface area (Å²) in [6, 6.07) is 8.34. The standard InChI is InChI=1S/C21H26N4O2/c1-27-18-4-2-17(3-5-18)15-24-11-6-21(16-24)7-12-25(13-8-21)20(26)19-14-22-9-10-23-19/h2-5,9-10,14H,6-8,11-13,15-16H2,1H3. The Balaban J connectivity index is 1.31. The Bertz CT molecular complexity index is 771.